The van der Waals surface area contributed by atoms with Gasteiger partial charge < -0.3 is 9.84 Å². The summed E-state index contributed by atoms with van der Waals surface area (Å²) in [5.41, 5.74) is 2.34. The number of hydrogen-bond acceptors (Lipinski definition) is 3. The molecule has 100 valence electrons. The molecule has 0 aliphatic heterocycles. The Morgan fingerprint density at radius 2 is 1.95 bits per heavy atom. The van der Waals surface area contributed by atoms with Gasteiger partial charge in [-0.2, -0.15) is 0 Å². The molecule has 1 fully saturated rings. The Morgan fingerprint density at radius 1 is 1.21 bits per heavy atom. The third-order valence-electron chi connectivity index (χ3n) is 3.95. The average molecular weight is 274 g/mol. The zero-order chi connectivity index (χ0) is 13.2. The van der Waals surface area contributed by atoms with Gasteiger partial charge in [-0.3, -0.25) is 0 Å². The van der Waals surface area contributed by atoms with Crippen molar-refractivity contribution < 1.29 is 9.84 Å². The molecule has 0 bridgehead atoms. The Labute approximate surface area is 117 Å². The van der Waals surface area contributed by atoms with Crippen molar-refractivity contribution in [1.29, 1.82) is 0 Å². The summed E-state index contributed by atoms with van der Waals surface area (Å²) in [6, 6.07) is 10.3. The van der Waals surface area contributed by atoms with Gasteiger partial charge in [0.25, 0.3) is 0 Å². The first-order chi connectivity index (χ1) is 9.29. The van der Waals surface area contributed by atoms with E-state index >= 15 is 0 Å². The van der Waals surface area contributed by atoms with Gasteiger partial charge in [0.15, 0.2) is 0 Å². The van der Waals surface area contributed by atoms with Crippen LogP contribution < -0.4 is 4.74 Å². The summed E-state index contributed by atoms with van der Waals surface area (Å²) in [5, 5.41) is 12.4. The van der Waals surface area contributed by atoms with Crippen LogP contribution in [-0.2, 0) is 0 Å². The predicted molar refractivity (Wildman–Crippen MR) is 78.0 cm³/mol. The van der Waals surface area contributed by atoms with E-state index in [1.54, 1.807) is 7.11 Å². The lowest BCUT2D eigenvalue weighted by Gasteiger charge is -2.26. The maximum atomic E-state index is 10.4. The van der Waals surface area contributed by atoms with Gasteiger partial charge in [0.2, 0.25) is 0 Å². The summed E-state index contributed by atoms with van der Waals surface area (Å²) in [6.07, 6.45) is 3.37. The molecular weight excluding hydrogens is 256 g/mol. The molecule has 1 aromatic carbocycles. The summed E-state index contributed by atoms with van der Waals surface area (Å²) in [6.45, 7) is 0. The molecule has 1 unspecified atom stereocenters. The highest BCUT2D eigenvalue weighted by atomic mass is 32.1. The number of aliphatic hydroxyl groups is 1. The van der Waals surface area contributed by atoms with Crippen molar-refractivity contribution in [3.05, 3.63) is 51.7 Å². The minimum Gasteiger partial charge on any atom is -0.495 e. The fraction of sp³-hybridized carbons (Fsp3) is 0.375. The zero-order valence-corrected chi connectivity index (χ0v) is 11.8. The van der Waals surface area contributed by atoms with Gasteiger partial charge in [-0.15, -0.1) is 11.3 Å². The number of hydrogen-bond donors (Lipinski definition) is 1. The van der Waals surface area contributed by atoms with E-state index in [4.69, 9.17) is 4.74 Å². The minimum absolute atomic E-state index is 0.592. The van der Waals surface area contributed by atoms with Crippen molar-refractivity contribution in [2.45, 2.75) is 31.3 Å². The SMILES string of the molecule is COc1ccsc1C(O)c1ccc(C2CCC2)cc1. The van der Waals surface area contributed by atoms with Gasteiger partial charge in [-0.25, -0.2) is 0 Å². The Morgan fingerprint density at radius 3 is 2.53 bits per heavy atom. The van der Waals surface area contributed by atoms with Crippen LogP contribution in [-0.4, -0.2) is 12.2 Å². The van der Waals surface area contributed by atoms with Gasteiger partial charge in [-0.05, 0) is 41.3 Å². The normalized spacial score (nSPS) is 16.9. The quantitative estimate of drug-likeness (QED) is 0.909. The second-order valence-electron chi connectivity index (χ2n) is 5.05. The van der Waals surface area contributed by atoms with Gasteiger partial charge in [-0.1, -0.05) is 30.7 Å². The van der Waals surface area contributed by atoms with Crippen molar-refractivity contribution >= 4 is 11.3 Å². The Bertz CT molecular complexity index is 540. The van der Waals surface area contributed by atoms with Crippen LogP contribution in [0.2, 0.25) is 0 Å². The zero-order valence-electron chi connectivity index (χ0n) is 11.0. The van der Waals surface area contributed by atoms with Crippen LogP contribution in [0.25, 0.3) is 0 Å². The molecular formula is C16H18O2S. The van der Waals surface area contributed by atoms with Crippen molar-refractivity contribution in [3.63, 3.8) is 0 Å². The van der Waals surface area contributed by atoms with Crippen LogP contribution in [0.15, 0.2) is 35.7 Å². The Hall–Kier alpha value is -1.32. The van der Waals surface area contributed by atoms with E-state index < -0.39 is 6.10 Å². The van der Waals surface area contributed by atoms with Gasteiger partial charge >= 0.3 is 0 Å². The molecule has 3 rings (SSSR count). The molecule has 1 N–H and O–H groups in total. The molecule has 0 radical (unpaired) electrons. The van der Waals surface area contributed by atoms with Crippen molar-refractivity contribution in [2.75, 3.05) is 7.11 Å². The number of aliphatic hydroxyl groups excluding tert-OH is 1. The molecule has 1 aliphatic carbocycles. The predicted octanol–water partition coefficient (Wildman–Crippen LogP) is 4.11. The smallest absolute Gasteiger partial charge is 0.135 e. The fourth-order valence-corrected chi connectivity index (χ4v) is 3.39. The van der Waals surface area contributed by atoms with Crippen molar-refractivity contribution in [2.24, 2.45) is 0 Å². The van der Waals surface area contributed by atoms with Gasteiger partial charge in [0.05, 0.1) is 12.0 Å². The average Bonchev–Trinajstić information content (AvgIpc) is 2.85. The number of rotatable bonds is 4. The van der Waals surface area contributed by atoms with Crippen LogP contribution in [0, 0.1) is 0 Å². The van der Waals surface area contributed by atoms with Crippen LogP contribution in [0.4, 0.5) is 0 Å². The monoisotopic (exact) mass is 274 g/mol. The first kappa shape index (κ1) is 12.7. The minimum atomic E-state index is -0.592. The van der Waals surface area contributed by atoms with E-state index in [1.165, 1.54) is 36.2 Å². The highest BCUT2D eigenvalue weighted by Gasteiger charge is 2.21. The topological polar surface area (TPSA) is 29.5 Å². The first-order valence-corrected chi connectivity index (χ1v) is 7.57. The first-order valence-electron chi connectivity index (χ1n) is 6.69. The molecule has 2 aromatic rings. The Balaban J connectivity index is 1.81. The summed E-state index contributed by atoms with van der Waals surface area (Å²) >= 11 is 1.53. The number of benzene rings is 1. The van der Waals surface area contributed by atoms with Crippen LogP contribution in [0.1, 0.15) is 47.3 Å². The van der Waals surface area contributed by atoms with Gasteiger partial charge in [0, 0.05) is 0 Å². The Kier molecular flexibility index (Phi) is 3.58. The van der Waals surface area contributed by atoms with E-state index in [9.17, 15) is 5.11 Å². The van der Waals surface area contributed by atoms with E-state index in [0.717, 1.165) is 22.1 Å². The standard InChI is InChI=1S/C16H18O2S/c1-18-14-9-10-19-16(14)15(17)13-7-5-12(6-8-13)11-3-2-4-11/h5-11,15,17H,2-4H2,1H3. The molecule has 19 heavy (non-hydrogen) atoms. The fourth-order valence-electron chi connectivity index (χ4n) is 2.52. The molecule has 0 spiro atoms. The lowest BCUT2D eigenvalue weighted by atomic mass is 9.80. The molecule has 1 aromatic heterocycles. The maximum Gasteiger partial charge on any atom is 0.135 e. The van der Waals surface area contributed by atoms with Crippen molar-refractivity contribution in [1.82, 2.24) is 0 Å². The summed E-state index contributed by atoms with van der Waals surface area (Å²) in [5.74, 6) is 1.50. The summed E-state index contributed by atoms with van der Waals surface area (Å²) in [7, 11) is 1.64. The highest BCUT2D eigenvalue weighted by Crippen LogP contribution is 2.38. The molecule has 2 nitrogen and oxygen atoms in total. The van der Waals surface area contributed by atoms with Crippen LogP contribution >= 0.6 is 11.3 Å². The number of ether oxygens (including phenoxy) is 1. The molecule has 0 amide bonds. The highest BCUT2D eigenvalue weighted by molar-refractivity contribution is 7.10. The second kappa shape index (κ2) is 5.35. The summed E-state index contributed by atoms with van der Waals surface area (Å²) in [4.78, 5) is 0.874. The maximum absolute atomic E-state index is 10.4. The third-order valence-corrected chi connectivity index (χ3v) is 4.90. The van der Waals surface area contributed by atoms with Crippen LogP contribution in [0.5, 0.6) is 5.75 Å². The van der Waals surface area contributed by atoms with E-state index in [1.807, 2.05) is 23.6 Å². The molecule has 1 atom stereocenters. The molecule has 1 heterocycles. The van der Waals surface area contributed by atoms with Crippen molar-refractivity contribution in [3.8, 4) is 5.75 Å². The molecule has 3 heteroatoms. The van der Waals surface area contributed by atoms with Crippen LogP contribution in [0.3, 0.4) is 0 Å². The molecule has 0 saturated heterocycles. The van der Waals surface area contributed by atoms with Gasteiger partial charge in [0.1, 0.15) is 11.9 Å². The molecule has 1 saturated carbocycles. The summed E-state index contributed by atoms with van der Waals surface area (Å²) < 4.78 is 5.27. The van der Waals surface area contributed by atoms with E-state index in [2.05, 4.69) is 12.1 Å². The largest absolute Gasteiger partial charge is 0.495 e. The lowest BCUT2D eigenvalue weighted by Crippen LogP contribution is -2.08. The second-order valence-corrected chi connectivity index (χ2v) is 6.00. The number of methoxy groups -OCH3 is 1. The number of thiophene rings is 1. The third kappa shape index (κ3) is 2.40. The van der Waals surface area contributed by atoms with E-state index in [-0.39, 0.29) is 0 Å². The lowest BCUT2D eigenvalue weighted by molar-refractivity contribution is 0.219. The van der Waals surface area contributed by atoms with E-state index in [0.29, 0.717) is 0 Å². The molecule has 1 aliphatic rings.